The van der Waals surface area contributed by atoms with E-state index in [2.05, 4.69) is 28.5 Å². The minimum absolute atomic E-state index is 0.196. The lowest BCUT2D eigenvalue weighted by molar-refractivity contribution is 0.804. The zero-order chi connectivity index (χ0) is 13.7. The average Bonchev–Trinajstić information content (AvgIpc) is 2.47. The van der Waals surface area contributed by atoms with Crippen LogP contribution in [0.25, 0.3) is 12.2 Å². The van der Waals surface area contributed by atoms with E-state index in [1.165, 1.54) is 0 Å². The van der Waals surface area contributed by atoms with Crippen molar-refractivity contribution in [3.05, 3.63) is 36.0 Å². The molecule has 3 nitrogen and oxygen atoms in total. The van der Waals surface area contributed by atoms with Crippen LogP contribution in [0.1, 0.15) is 18.1 Å². The van der Waals surface area contributed by atoms with Crippen molar-refractivity contribution < 1.29 is 0 Å². The first-order chi connectivity index (χ1) is 9.30. The summed E-state index contributed by atoms with van der Waals surface area (Å²) in [5.41, 5.74) is 2.22. The van der Waals surface area contributed by atoms with Gasteiger partial charge in [-0.2, -0.15) is 0 Å². The van der Waals surface area contributed by atoms with Gasteiger partial charge in [-0.15, -0.1) is 0 Å². The summed E-state index contributed by atoms with van der Waals surface area (Å²) in [6, 6.07) is 2.00. The van der Waals surface area contributed by atoms with Crippen LogP contribution < -0.4 is 4.90 Å². The van der Waals surface area contributed by atoms with E-state index in [1.807, 2.05) is 31.3 Å². The van der Waals surface area contributed by atoms with E-state index in [9.17, 15) is 0 Å². The van der Waals surface area contributed by atoms with Gasteiger partial charge in [0, 0.05) is 30.8 Å². The minimum atomic E-state index is 0.196. The maximum atomic E-state index is 8.95. The molecule has 1 fully saturated rings. The standard InChI is InChI=1S/C15H18BN3/c1-3-5-13-6-9-18-15(14(13)4-2)19-10-7-16(12-17)8-11-19/h3-6,9H,2,7-8,10-11H2,1H3/b5-3-. The van der Waals surface area contributed by atoms with Crippen molar-refractivity contribution in [1.29, 1.82) is 5.26 Å². The van der Waals surface area contributed by atoms with Gasteiger partial charge < -0.3 is 4.90 Å². The molecule has 2 rings (SSSR count). The second kappa shape index (κ2) is 6.24. The van der Waals surface area contributed by atoms with Crippen molar-refractivity contribution in [2.24, 2.45) is 0 Å². The molecule has 0 unspecified atom stereocenters. The Hall–Kier alpha value is -2.02. The lowest BCUT2D eigenvalue weighted by atomic mass is 9.45. The number of hydrogen-bond acceptors (Lipinski definition) is 3. The maximum absolute atomic E-state index is 8.95. The Balaban J connectivity index is 2.28. The number of hydrogen-bond donors (Lipinski definition) is 0. The van der Waals surface area contributed by atoms with Crippen molar-refractivity contribution in [2.45, 2.75) is 19.6 Å². The van der Waals surface area contributed by atoms with Gasteiger partial charge in [0.15, 0.2) is 0 Å². The highest BCUT2D eigenvalue weighted by molar-refractivity contribution is 6.67. The number of anilines is 1. The number of nitrogens with zero attached hydrogens (tertiary/aromatic N) is 3. The first-order valence-corrected chi connectivity index (χ1v) is 6.68. The topological polar surface area (TPSA) is 39.9 Å². The number of allylic oxidation sites excluding steroid dienone is 1. The van der Waals surface area contributed by atoms with Crippen molar-refractivity contribution in [3.63, 3.8) is 0 Å². The van der Waals surface area contributed by atoms with Crippen LogP contribution in [0, 0.1) is 11.2 Å². The molecule has 19 heavy (non-hydrogen) atoms. The smallest absolute Gasteiger partial charge is 0.271 e. The number of aromatic nitrogens is 1. The lowest BCUT2D eigenvalue weighted by Gasteiger charge is -2.30. The third-order valence-electron chi connectivity index (χ3n) is 3.53. The lowest BCUT2D eigenvalue weighted by Crippen LogP contribution is -2.37. The van der Waals surface area contributed by atoms with E-state index >= 15 is 0 Å². The fourth-order valence-corrected chi connectivity index (χ4v) is 2.48. The highest BCUT2D eigenvalue weighted by Gasteiger charge is 2.24. The summed E-state index contributed by atoms with van der Waals surface area (Å²) in [7, 11) is 0. The first kappa shape index (κ1) is 13.4. The fraction of sp³-hybridized carbons (Fsp3) is 0.333. The van der Waals surface area contributed by atoms with E-state index in [0.29, 0.717) is 0 Å². The zero-order valence-corrected chi connectivity index (χ0v) is 11.3. The third-order valence-corrected chi connectivity index (χ3v) is 3.53. The van der Waals surface area contributed by atoms with E-state index in [0.717, 1.165) is 42.7 Å². The molecule has 2 heterocycles. The Bertz CT molecular complexity index is 523. The summed E-state index contributed by atoms with van der Waals surface area (Å²) in [5.74, 6) is 3.35. The molecule has 0 N–H and O–H groups in total. The van der Waals surface area contributed by atoms with Crippen LogP contribution in [0.15, 0.2) is 24.9 Å². The van der Waals surface area contributed by atoms with Gasteiger partial charge in [-0.05, 0) is 31.2 Å². The number of rotatable bonds is 3. The summed E-state index contributed by atoms with van der Waals surface area (Å²) in [6.07, 6.45) is 9.64. The van der Waals surface area contributed by atoms with E-state index in [-0.39, 0.29) is 6.71 Å². The molecular formula is C15H18BN3. The maximum Gasteiger partial charge on any atom is 0.271 e. The predicted octanol–water partition coefficient (Wildman–Crippen LogP) is 3.14. The van der Waals surface area contributed by atoms with Gasteiger partial charge in [-0.25, -0.2) is 10.2 Å². The van der Waals surface area contributed by atoms with Gasteiger partial charge in [0.05, 0.1) is 0 Å². The van der Waals surface area contributed by atoms with Crippen molar-refractivity contribution in [1.82, 2.24) is 4.98 Å². The zero-order valence-electron chi connectivity index (χ0n) is 11.3. The van der Waals surface area contributed by atoms with Gasteiger partial charge in [-0.1, -0.05) is 24.8 Å². The molecule has 96 valence electrons. The molecule has 0 amide bonds. The Kier molecular flexibility index (Phi) is 4.41. The number of pyridine rings is 1. The minimum Gasteiger partial charge on any atom is -0.357 e. The molecule has 1 aliphatic heterocycles. The molecule has 0 aromatic carbocycles. The third kappa shape index (κ3) is 2.87. The molecule has 1 aliphatic rings. The van der Waals surface area contributed by atoms with Gasteiger partial charge in [-0.3, -0.25) is 0 Å². The van der Waals surface area contributed by atoms with Crippen LogP contribution >= 0.6 is 0 Å². The average molecular weight is 251 g/mol. The molecule has 0 radical (unpaired) electrons. The Morgan fingerprint density at radius 2 is 2.21 bits per heavy atom. The van der Waals surface area contributed by atoms with Crippen LogP contribution in [0.5, 0.6) is 0 Å². The largest absolute Gasteiger partial charge is 0.357 e. The summed E-state index contributed by atoms with van der Waals surface area (Å²) < 4.78 is 0. The van der Waals surface area contributed by atoms with Gasteiger partial charge >= 0.3 is 0 Å². The Morgan fingerprint density at radius 1 is 1.47 bits per heavy atom. The van der Waals surface area contributed by atoms with Gasteiger partial charge in [0.25, 0.3) is 6.71 Å². The van der Waals surface area contributed by atoms with Crippen molar-refractivity contribution >= 4 is 24.7 Å². The molecule has 1 saturated heterocycles. The Morgan fingerprint density at radius 3 is 2.79 bits per heavy atom. The number of nitriles is 1. The quantitative estimate of drug-likeness (QED) is 0.775. The first-order valence-electron chi connectivity index (χ1n) is 6.68. The molecule has 0 aliphatic carbocycles. The molecule has 1 aromatic rings. The normalized spacial score (nSPS) is 15.6. The van der Waals surface area contributed by atoms with Crippen LogP contribution in [0.4, 0.5) is 5.82 Å². The van der Waals surface area contributed by atoms with Crippen LogP contribution in [-0.2, 0) is 0 Å². The Labute approximate surface area is 115 Å². The van der Waals surface area contributed by atoms with Crippen LogP contribution in [0.2, 0.25) is 12.6 Å². The van der Waals surface area contributed by atoms with Crippen molar-refractivity contribution in [2.75, 3.05) is 18.0 Å². The van der Waals surface area contributed by atoms with Crippen LogP contribution in [0.3, 0.4) is 0 Å². The van der Waals surface area contributed by atoms with E-state index in [4.69, 9.17) is 5.26 Å². The second-order valence-corrected chi connectivity index (χ2v) is 4.73. The molecule has 0 saturated carbocycles. The van der Waals surface area contributed by atoms with Crippen molar-refractivity contribution in [3.8, 4) is 5.97 Å². The predicted molar refractivity (Wildman–Crippen MR) is 82.2 cm³/mol. The summed E-state index contributed by atoms with van der Waals surface area (Å²) in [4.78, 5) is 6.77. The van der Waals surface area contributed by atoms with Crippen LogP contribution in [-0.4, -0.2) is 24.8 Å². The molecule has 1 aromatic heterocycles. The second-order valence-electron chi connectivity index (χ2n) is 4.73. The monoisotopic (exact) mass is 251 g/mol. The van der Waals surface area contributed by atoms with E-state index < -0.39 is 0 Å². The van der Waals surface area contributed by atoms with Gasteiger partial charge in [0.1, 0.15) is 5.82 Å². The van der Waals surface area contributed by atoms with E-state index in [1.54, 1.807) is 0 Å². The summed E-state index contributed by atoms with van der Waals surface area (Å²) in [6.45, 7) is 7.90. The summed E-state index contributed by atoms with van der Waals surface area (Å²) in [5, 5.41) is 8.95. The highest BCUT2D eigenvalue weighted by atomic mass is 15.2. The SMILES string of the molecule is C=Cc1c(/C=C\C)ccnc1N1CCB(C#N)CC1. The fourth-order valence-electron chi connectivity index (χ4n) is 2.48. The molecule has 0 spiro atoms. The molecular weight excluding hydrogens is 233 g/mol. The molecule has 4 heteroatoms. The molecule has 0 bridgehead atoms. The highest BCUT2D eigenvalue weighted by Crippen LogP contribution is 2.26. The molecule has 0 atom stereocenters. The summed E-state index contributed by atoms with van der Waals surface area (Å²) >= 11 is 0. The van der Waals surface area contributed by atoms with Gasteiger partial charge in [0.2, 0.25) is 0 Å².